The van der Waals surface area contributed by atoms with Gasteiger partial charge in [-0.3, -0.25) is 9.59 Å². The molecule has 2 aromatic rings. The highest BCUT2D eigenvalue weighted by Gasteiger charge is 2.36. The van der Waals surface area contributed by atoms with Crippen LogP contribution in [0.5, 0.6) is 0 Å². The van der Waals surface area contributed by atoms with E-state index in [9.17, 15) is 18.0 Å². The molecule has 0 radical (unpaired) electrons. The number of carbonyl (C=O) groups is 2. The average molecular weight is 551 g/mol. The Hall–Kier alpha value is -1.79. The van der Waals surface area contributed by atoms with Crippen LogP contribution in [-0.2, 0) is 19.6 Å². The van der Waals surface area contributed by atoms with Crippen molar-refractivity contribution in [2.45, 2.75) is 61.7 Å². The minimum Gasteiger partial charge on any atom is -0.337 e. The smallest absolute Gasteiger partial charge is 0.250 e. The summed E-state index contributed by atoms with van der Waals surface area (Å²) in [6.45, 7) is 6.37. The van der Waals surface area contributed by atoms with Crippen molar-refractivity contribution in [1.82, 2.24) is 19.4 Å². The Labute approximate surface area is 221 Å². The lowest BCUT2D eigenvalue weighted by Gasteiger charge is -2.34. The maximum absolute atomic E-state index is 13.2. The van der Waals surface area contributed by atoms with Gasteiger partial charge < -0.3 is 14.7 Å². The number of carbonyl (C=O) groups excluding carboxylic acids is 2. The number of nitrogens with zero attached hydrogens (tertiary/aromatic N) is 3. The predicted octanol–water partition coefficient (Wildman–Crippen LogP) is 3.14. The van der Waals surface area contributed by atoms with Crippen molar-refractivity contribution in [2.75, 3.05) is 39.3 Å². The van der Waals surface area contributed by atoms with E-state index in [-0.39, 0.29) is 28.6 Å². The number of aryl methyl sites for hydroxylation is 1. The molecule has 3 fully saturated rings. The normalized spacial score (nSPS) is 23.6. The Morgan fingerprint density at radius 1 is 1.08 bits per heavy atom. The summed E-state index contributed by atoms with van der Waals surface area (Å²) in [5.74, 6) is -0.332. The van der Waals surface area contributed by atoms with E-state index in [0.29, 0.717) is 19.4 Å². The number of sulfonamides is 1. The molecule has 2 aromatic heterocycles. The average Bonchev–Trinajstić information content (AvgIpc) is 3.64. The van der Waals surface area contributed by atoms with E-state index in [1.165, 1.54) is 12.8 Å². The summed E-state index contributed by atoms with van der Waals surface area (Å²) in [4.78, 5) is 34.5. The molecule has 0 spiro atoms. The van der Waals surface area contributed by atoms with Crippen LogP contribution < -0.4 is 4.72 Å². The number of piperidine rings is 1. The van der Waals surface area contributed by atoms with Crippen molar-refractivity contribution >= 4 is 44.5 Å². The van der Waals surface area contributed by atoms with Crippen LogP contribution in [0.1, 0.15) is 43.4 Å². The lowest BCUT2D eigenvalue weighted by atomic mass is 10.1. The van der Waals surface area contributed by atoms with Crippen LogP contribution in [-0.4, -0.2) is 86.3 Å². The number of thiophene rings is 2. The minimum atomic E-state index is -3.84. The van der Waals surface area contributed by atoms with E-state index in [0.717, 1.165) is 65.7 Å². The summed E-state index contributed by atoms with van der Waals surface area (Å²) in [5.41, 5.74) is 0.870. The first-order valence-electron chi connectivity index (χ1n) is 12.8. The van der Waals surface area contributed by atoms with E-state index >= 15 is 0 Å². The van der Waals surface area contributed by atoms with Crippen molar-refractivity contribution in [1.29, 1.82) is 0 Å². The Kier molecular flexibility index (Phi) is 7.83. The molecule has 1 N–H and O–H groups in total. The van der Waals surface area contributed by atoms with Crippen LogP contribution >= 0.6 is 22.7 Å². The van der Waals surface area contributed by atoms with Gasteiger partial charge in [0.2, 0.25) is 11.8 Å². The molecule has 0 saturated carbocycles. The standard InChI is InChI=1S/C25H34N4O4S3/c1-18-8-9-22(35-18)19-14-24(34-17-19)36(32,33)26-21-7-5-12-28(25(21)31)16-23(30)29-13-4-6-20(29)15-27-10-2-3-11-27/h8-9,14,17,20-21,26H,2-7,10-13,15-16H2,1H3. The molecule has 3 aliphatic rings. The maximum Gasteiger partial charge on any atom is 0.250 e. The monoisotopic (exact) mass is 550 g/mol. The van der Waals surface area contributed by atoms with Crippen LogP contribution in [0.2, 0.25) is 0 Å². The van der Waals surface area contributed by atoms with Gasteiger partial charge in [0, 0.05) is 46.4 Å². The van der Waals surface area contributed by atoms with Gasteiger partial charge in [-0.25, -0.2) is 8.42 Å². The van der Waals surface area contributed by atoms with Gasteiger partial charge in [0.25, 0.3) is 10.0 Å². The van der Waals surface area contributed by atoms with Gasteiger partial charge in [-0.05, 0) is 76.7 Å². The maximum atomic E-state index is 13.2. The molecule has 0 aliphatic carbocycles. The highest BCUT2D eigenvalue weighted by Crippen LogP contribution is 2.33. The van der Waals surface area contributed by atoms with Crippen LogP contribution in [0.15, 0.2) is 27.8 Å². The zero-order valence-electron chi connectivity index (χ0n) is 20.6. The highest BCUT2D eigenvalue weighted by molar-refractivity contribution is 7.91. The van der Waals surface area contributed by atoms with E-state index in [1.807, 2.05) is 29.3 Å². The van der Waals surface area contributed by atoms with Gasteiger partial charge in [0.05, 0.1) is 6.54 Å². The molecule has 0 bridgehead atoms. The Morgan fingerprint density at radius 2 is 1.86 bits per heavy atom. The van der Waals surface area contributed by atoms with Gasteiger partial charge in [-0.2, -0.15) is 4.72 Å². The summed E-state index contributed by atoms with van der Waals surface area (Å²) < 4.78 is 29.0. The summed E-state index contributed by atoms with van der Waals surface area (Å²) in [6.07, 6.45) is 5.54. The van der Waals surface area contributed by atoms with Crippen LogP contribution in [0.4, 0.5) is 0 Å². The summed E-state index contributed by atoms with van der Waals surface area (Å²) in [6, 6.07) is 5.04. The molecular weight excluding hydrogens is 517 g/mol. The molecule has 2 amide bonds. The zero-order valence-corrected chi connectivity index (χ0v) is 23.1. The zero-order chi connectivity index (χ0) is 25.3. The fourth-order valence-corrected chi connectivity index (χ4v) is 8.85. The van der Waals surface area contributed by atoms with E-state index in [1.54, 1.807) is 22.3 Å². The molecule has 2 unspecified atom stereocenters. The summed E-state index contributed by atoms with van der Waals surface area (Å²) in [5, 5.41) is 1.84. The van der Waals surface area contributed by atoms with Crippen molar-refractivity contribution < 1.29 is 18.0 Å². The number of hydrogen-bond acceptors (Lipinski definition) is 7. The second-order valence-corrected chi connectivity index (χ2v) is 14.2. The first-order chi connectivity index (χ1) is 17.3. The molecule has 2 atom stereocenters. The van der Waals surface area contributed by atoms with Crippen molar-refractivity contribution in [3.8, 4) is 10.4 Å². The number of rotatable bonds is 8. The number of hydrogen-bond donors (Lipinski definition) is 1. The molecule has 11 heteroatoms. The summed E-state index contributed by atoms with van der Waals surface area (Å²) >= 11 is 2.78. The van der Waals surface area contributed by atoms with E-state index in [2.05, 4.69) is 9.62 Å². The fraction of sp³-hybridized carbons (Fsp3) is 0.600. The topological polar surface area (TPSA) is 90.0 Å². The largest absolute Gasteiger partial charge is 0.337 e. The molecule has 8 nitrogen and oxygen atoms in total. The SMILES string of the molecule is Cc1ccc(-c2csc(S(=O)(=O)NC3CCCN(CC(=O)N4CCCC4CN4CCCC4)C3=O)c2)s1. The molecule has 5 heterocycles. The first-order valence-corrected chi connectivity index (χ1v) is 16.0. The molecule has 36 heavy (non-hydrogen) atoms. The third-order valence-electron chi connectivity index (χ3n) is 7.38. The van der Waals surface area contributed by atoms with Crippen LogP contribution in [0.25, 0.3) is 10.4 Å². The van der Waals surface area contributed by atoms with Crippen molar-refractivity contribution in [3.05, 3.63) is 28.5 Å². The van der Waals surface area contributed by atoms with Crippen LogP contribution in [0, 0.1) is 6.92 Å². The van der Waals surface area contributed by atoms with Gasteiger partial charge in [0.1, 0.15) is 10.3 Å². The number of amides is 2. The molecule has 5 rings (SSSR count). The molecule has 3 aliphatic heterocycles. The Balaban J connectivity index is 1.20. The van der Waals surface area contributed by atoms with Gasteiger partial charge in [0.15, 0.2) is 0 Å². The third kappa shape index (κ3) is 5.70. The molecule has 196 valence electrons. The molecule has 0 aromatic carbocycles. The van der Waals surface area contributed by atoms with Gasteiger partial charge >= 0.3 is 0 Å². The quantitative estimate of drug-likeness (QED) is 0.546. The second-order valence-electron chi connectivity index (χ2n) is 10.0. The predicted molar refractivity (Wildman–Crippen MR) is 143 cm³/mol. The summed E-state index contributed by atoms with van der Waals surface area (Å²) in [7, 11) is -3.84. The lowest BCUT2D eigenvalue weighted by molar-refractivity contribution is -0.143. The van der Waals surface area contributed by atoms with E-state index < -0.39 is 16.1 Å². The van der Waals surface area contributed by atoms with Crippen LogP contribution in [0.3, 0.4) is 0 Å². The number of likely N-dealkylation sites (tertiary alicyclic amines) is 3. The Morgan fingerprint density at radius 3 is 2.61 bits per heavy atom. The fourth-order valence-electron chi connectivity index (χ4n) is 5.50. The highest BCUT2D eigenvalue weighted by atomic mass is 32.2. The number of nitrogens with one attached hydrogen (secondary N) is 1. The second kappa shape index (κ2) is 10.9. The lowest BCUT2D eigenvalue weighted by Crippen LogP contribution is -2.55. The van der Waals surface area contributed by atoms with Crippen molar-refractivity contribution in [3.63, 3.8) is 0 Å². The van der Waals surface area contributed by atoms with Crippen molar-refractivity contribution in [2.24, 2.45) is 0 Å². The Bertz CT molecular complexity index is 1200. The minimum absolute atomic E-state index is 0.0223. The third-order valence-corrected chi connectivity index (χ3v) is 11.3. The molecular formula is C25H34N4O4S3. The first kappa shape index (κ1) is 25.8. The van der Waals surface area contributed by atoms with E-state index in [4.69, 9.17) is 0 Å². The van der Waals surface area contributed by atoms with Gasteiger partial charge in [-0.15, -0.1) is 22.7 Å². The van der Waals surface area contributed by atoms with Gasteiger partial charge in [-0.1, -0.05) is 0 Å². The molecule has 3 saturated heterocycles.